The molecule has 4 heteroatoms. The van der Waals surface area contributed by atoms with Gasteiger partial charge in [0, 0.05) is 23.7 Å². The summed E-state index contributed by atoms with van der Waals surface area (Å²) in [6.07, 6.45) is 5.16. The Kier molecular flexibility index (Phi) is 6.48. The van der Waals surface area contributed by atoms with Gasteiger partial charge in [-0.1, -0.05) is 42.3 Å². The molecule has 1 saturated heterocycles. The highest BCUT2D eigenvalue weighted by Crippen LogP contribution is 2.16. The Labute approximate surface area is 155 Å². The predicted octanol–water partition coefficient (Wildman–Crippen LogP) is 4.90. The molecule has 1 heterocycles. The second-order valence-corrected chi connectivity index (χ2v) is 7.14. The number of hydrogen-bond acceptors (Lipinski definition) is 2. The maximum atomic E-state index is 12.1. The van der Waals surface area contributed by atoms with Crippen molar-refractivity contribution in [3.8, 4) is 0 Å². The lowest BCUT2D eigenvalue weighted by Gasteiger charge is -2.26. The van der Waals surface area contributed by atoms with Crippen LogP contribution in [0.15, 0.2) is 48.5 Å². The van der Waals surface area contributed by atoms with Crippen LogP contribution in [0.1, 0.15) is 36.8 Å². The number of piperidine rings is 1. The van der Waals surface area contributed by atoms with Gasteiger partial charge < -0.3 is 5.32 Å². The van der Waals surface area contributed by atoms with Gasteiger partial charge in [-0.3, -0.25) is 9.69 Å². The fourth-order valence-electron chi connectivity index (χ4n) is 3.20. The lowest BCUT2D eigenvalue weighted by atomic mass is 10.1. The number of anilines is 1. The summed E-state index contributed by atoms with van der Waals surface area (Å²) in [6.45, 7) is 3.40. The Morgan fingerprint density at radius 3 is 2.24 bits per heavy atom. The summed E-state index contributed by atoms with van der Waals surface area (Å²) in [5.74, 6) is 0.0405. The van der Waals surface area contributed by atoms with Crippen molar-refractivity contribution in [3.05, 3.63) is 64.7 Å². The number of carbonyl (C=O) groups excluding carboxylic acids is 1. The summed E-state index contributed by atoms with van der Waals surface area (Å²) < 4.78 is 0. The topological polar surface area (TPSA) is 32.3 Å². The molecule has 0 atom stereocenters. The lowest BCUT2D eigenvalue weighted by molar-refractivity contribution is -0.116. The van der Waals surface area contributed by atoms with Crippen molar-refractivity contribution in [2.24, 2.45) is 0 Å². The van der Waals surface area contributed by atoms with Gasteiger partial charge in [-0.05, 0) is 67.7 Å². The number of benzene rings is 2. The van der Waals surface area contributed by atoms with Gasteiger partial charge in [0.1, 0.15) is 0 Å². The normalized spacial score (nSPS) is 15.1. The molecule has 1 fully saturated rings. The molecule has 1 aliphatic heterocycles. The van der Waals surface area contributed by atoms with Crippen molar-refractivity contribution in [2.75, 3.05) is 18.4 Å². The molecule has 3 nitrogen and oxygen atoms in total. The highest BCUT2D eigenvalue weighted by Gasteiger charge is 2.10. The zero-order valence-electron chi connectivity index (χ0n) is 14.5. The Bertz CT molecular complexity index is 676. The second-order valence-electron chi connectivity index (χ2n) is 6.71. The van der Waals surface area contributed by atoms with E-state index in [0.717, 1.165) is 29.2 Å². The van der Waals surface area contributed by atoms with E-state index in [1.807, 2.05) is 36.4 Å². The third-order valence-electron chi connectivity index (χ3n) is 4.65. The highest BCUT2D eigenvalue weighted by molar-refractivity contribution is 6.30. The molecular formula is C21H25ClN2O. The van der Waals surface area contributed by atoms with Crippen LogP contribution in [0.2, 0.25) is 5.02 Å². The molecule has 132 valence electrons. The maximum Gasteiger partial charge on any atom is 0.224 e. The first-order valence-corrected chi connectivity index (χ1v) is 9.42. The van der Waals surface area contributed by atoms with Gasteiger partial charge in [-0.15, -0.1) is 0 Å². The van der Waals surface area contributed by atoms with E-state index in [1.165, 1.54) is 37.9 Å². The van der Waals surface area contributed by atoms with Crippen LogP contribution in [0.5, 0.6) is 0 Å². The van der Waals surface area contributed by atoms with Gasteiger partial charge in [0.05, 0.1) is 0 Å². The second kappa shape index (κ2) is 9.02. The SMILES string of the molecule is O=C(CCc1ccc(Cl)cc1)Nc1ccc(CN2CCCCC2)cc1. The number of nitrogens with zero attached hydrogens (tertiary/aromatic N) is 1. The monoisotopic (exact) mass is 356 g/mol. The number of rotatable bonds is 6. The molecule has 0 unspecified atom stereocenters. The number of halogens is 1. The van der Waals surface area contributed by atoms with Gasteiger partial charge in [-0.2, -0.15) is 0 Å². The summed E-state index contributed by atoms with van der Waals surface area (Å²) in [5.41, 5.74) is 3.29. The fraction of sp³-hybridized carbons (Fsp3) is 0.381. The van der Waals surface area contributed by atoms with E-state index in [1.54, 1.807) is 0 Å². The van der Waals surface area contributed by atoms with Crippen molar-refractivity contribution >= 4 is 23.2 Å². The minimum absolute atomic E-state index is 0.0405. The average Bonchev–Trinajstić information content (AvgIpc) is 2.64. The quantitative estimate of drug-likeness (QED) is 0.798. The summed E-state index contributed by atoms with van der Waals surface area (Å²) >= 11 is 5.87. The van der Waals surface area contributed by atoms with Gasteiger partial charge >= 0.3 is 0 Å². The first-order chi connectivity index (χ1) is 12.2. The lowest BCUT2D eigenvalue weighted by Crippen LogP contribution is -2.29. The van der Waals surface area contributed by atoms with Crippen LogP contribution in [0.3, 0.4) is 0 Å². The molecule has 2 aromatic rings. The molecule has 0 spiro atoms. The Morgan fingerprint density at radius 1 is 0.920 bits per heavy atom. The third kappa shape index (κ3) is 5.87. The van der Waals surface area contributed by atoms with Crippen LogP contribution in [-0.4, -0.2) is 23.9 Å². The summed E-state index contributed by atoms with van der Waals surface area (Å²) in [6, 6.07) is 15.9. The Balaban J connectivity index is 1.45. The molecular weight excluding hydrogens is 332 g/mol. The predicted molar refractivity (Wildman–Crippen MR) is 104 cm³/mol. The largest absolute Gasteiger partial charge is 0.326 e. The van der Waals surface area contributed by atoms with Gasteiger partial charge in [0.15, 0.2) is 0 Å². The summed E-state index contributed by atoms with van der Waals surface area (Å²) in [5, 5.41) is 3.70. The minimum atomic E-state index is 0.0405. The molecule has 0 aliphatic carbocycles. The van der Waals surface area contributed by atoms with Gasteiger partial charge in [-0.25, -0.2) is 0 Å². The van der Waals surface area contributed by atoms with Crippen molar-refractivity contribution in [1.29, 1.82) is 0 Å². The molecule has 1 N–H and O–H groups in total. The molecule has 0 aromatic heterocycles. The van der Waals surface area contributed by atoms with Crippen molar-refractivity contribution in [1.82, 2.24) is 4.90 Å². The number of likely N-dealkylation sites (tertiary alicyclic amines) is 1. The molecule has 0 saturated carbocycles. The molecule has 0 bridgehead atoms. The highest BCUT2D eigenvalue weighted by atomic mass is 35.5. The van der Waals surface area contributed by atoms with Crippen LogP contribution < -0.4 is 5.32 Å². The van der Waals surface area contributed by atoms with Crippen LogP contribution in [-0.2, 0) is 17.8 Å². The molecule has 1 aliphatic rings. The third-order valence-corrected chi connectivity index (χ3v) is 4.90. The van der Waals surface area contributed by atoms with Crippen LogP contribution in [0, 0.1) is 0 Å². The summed E-state index contributed by atoms with van der Waals surface area (Å²) in [7, 11) is 0. The van der Waals surface area contributed by atoms with Crippen LogP contribution in [0.25, 0.3) is 0 Å². The molecule has 1 amide bonds. The smallest absolute Gasteiger partial charge is 0.224 e. The maximum absolute atomic E-state index is 12.1. The van der Waals surface area contributed by atoms with E-state index >= 15 is 0 Å². The van der Waals surface area contributed by atoms with E-state index in [-0.39, 0.29) is 5.91 Å². The standard InChI is InChI=1S/C21H25ClN2O/c22-19-9-4-17(5-10-19)8-13-21(25)23-20-11-6-18(7-12-20)16-24-14-2-1-3-15-24/h4-7,9-12H,1-3,8,13-16H2,(H,23,25). The number of amides is 1. The Hall–Kier alpha value is -1.84. The number of nitrogens with one attached hydrogen (secondary N) is 1. The van der Waals surface area contributed by atoms with Gasteiger partial charge in [0.2, 0.25) is 5.91 Å². The van der Waals surface area contributed by atoms with Crippen LogP contribution >= 0.6 is 11.6 Å². The number of carbonyl (C=O) groups is 1. The van der Waals surface area contributed by atoms with Gasteiger partial charge in [0.25, 0.3) is 0 Å². The van der Waals surface area contributed by atoms with Crippen molar-refractivity contribution in [3.63, 3.8) is 0 Å². The molecule has 0 radical (unpaired) electrons. The zero-order valence-corrected chi connectivity index (χ0v) is 15.3. The zero-order chi connectivity index (χ0) is 17.5. The van der Waals surface area contributed by atoms with E-state index in [0.29, 0.717) is 6.42 Å². The molecule has 25 heavy (non-hydrogen) atoms. The number of hydrogen-bond donors (Lipinski definition) is 1. The molecule has 2 aromatic carbocycles. The first-order valence-electron chi connectivity index (χ1n) is 9.05. The molecule has 3 rings (SSSR count). The average molecular weight is 357 g/mol. The van der Waals surface area contributed by atoms with Crippen LogP contribution in [0.4, 0.5) is 5.69 Å². The fourth-order valence-corrected chi connectivity index (χ4v) is 3.33. The van der Waals surface area contributed by atoms with E-state index in [9.17, 15) is 4.79 Å². The number of aryl methyl sites for hydroxylation is 1. The van der Waals surface area contributed by atoms with E-state index in [2.05, 4.69) is 22.3 Å². The summed E-state index contributed by atoms with van der Waals surface area (Å²) in [4.78, 5) is 14.6. The van der Waals surface area contributed by atoms with Crippen molar-refractivity contribution in [2.45, 2.75) is 38.6 Å². The Morgan fingerprint density at radius 2 is 1.56 bits per heavy atom. The van der Waals surface area contributed by atoms with E-state index < -0.39 is 0 Å². The first kappa shape index (κ1) is 18.0. The van der Waals surface area contributed by atoms with Crippen molar-refractivity contribution < 1.29 is 4.79 Å². The minimum Gasteiger partial charge on any atom is -0.326 e. The van der Waals surface area contributed by atoms with E-state index in [4.69, 9.17) is 11.6 Å².